The Morgan fingerprint density at radius 3 is 2.96 bits per heavy atom. The highest BCUT2D eigenvalue weighted by Crippen LogP contribution is 2.70. The molecule has 3 fully saturated rings. The summed E-state index contributed by atoms with van der Waals surface area (Å²) in [4.78, 5) is 12.4. The largest absolute Gasteiger partial charge is 0.497 e. The molecule has 148 valence electrons. The molecule has 27 heavy (non-hydrogen) atoms. The second-order valence-electron chi connectivity index (χ2n) is 9.09. The number of benzene rings is 1. The maximum atomic E-state index is 12.4. The Morgan fingerprint density at radius 2 is 2.22 bits per heavy atom. The lowest BCUT2D eigenvalue weighted by Gasteiger charge is -2.53. The van der Waals surface area contributed by atoms with Crippen molar-refractivity contribution in [3.8, 4) is 5.75 Å². The lowest BCUT2D eigenvalue weighted by molar-refractivity contribution is -0.137. The number of carbonyl (C=O) groups is 1. The van der Waals surface area contributed by atoms with Crippen LogP contribution in [0.2, 0.25) is 0 Å². The number of amides is 1. The zero-order chi connectivity index (χ0) is 19.2. The Bertz CT molecular complexity index is 718. The van der Waals surface area contributed by atoms with Gasteiger partial charge in [0, 0.05) is 19.1 Å². The Morgan fingerprint density at radius 1 is 1.41 bits per heavy atom. The van der Waals surface area contributed by atoms with Gasteiger partial charge in [-0.05, 0) is 59.6 Å². The van der Waals surface area contributed by atoms with Gasteiger partial charge in [-0.3, -0.25) is 4.79 Å². The fourth-order valence-corrected chi connectivity index (χ4v) is 6.27. The number of fused-ring (bicyclic) bond motifs is 1. The lowest BCUT2D eigenvalue weighted by atomic mass is 9.59. The zero-order valence-electron chi connectivity index (χ0n) is 16.5. The van der Waals surface area contributed by atoms with Crippen LogP contribution in [0.3, 0.4) is 0 Å². The van der Waals surface area contributed by atoms with Crippen molar-refractivity contribution in [3.63, 3.8) is 0 Å². The molecule has 1 spiro atoms. The second-order valence-corrected chi connectivity index (χ2v) is 9.09. The summed E-state index contributed by atoms with van der Waals surface area (Å²) >= 11 is 0. The highest BCUT2D eigenvalue weighted by molar-refractivity contribution is 5.76. The monoisotopic (exact) mass is 373 g/mol. The van der Waals surface area contributed by atoms with Crippen LogP contribution >= 0.6 is 0 Å². The summed E-state index contributed by atoms with van der Waals surface area (Å²) in [6.45, 7) is 5.20. The summed E-state index contributed by atoms with van der Waals surface area (Å²) in [6, 6.07) is 8.33. The molecule has 1 aliphatic heterocycles. The number of methoxy groups -OCH3 is 1. The molecule has 5 atom stereocenters. The van der Waals surface area contributed by atoms with Gasteiger partial charge in [0.2, 0.25) is 5.91 Å². The van der Waals surface area contributed by atoms with Crippen molar-refractivity contribution in [1.29, 1.82) is 0 Å². The minimum absolute atomic E-state index is 0.0410. The van der Waals surface area contributed by atoms with Crippen LogP contribution < -0.4 is 10.1 Å². The van der Waals surface area contributed by atoms with E-state index in [0.717, 1.165) is 25.0 Å². The van der Waals surface area contributed by atoms with Gasteiger partial charge in [0.15, 0.2) is 0 Å². The summed E-state index contributed by atoms with van der Waals surface area (Å²) in [6.07, 6.45) is 3.50. The molecular formula is C22H31NO4. The van der Waals surface area contributed by atoms with E-state index >= 15 is 0 Å². The molecule has 0 aromatic heterocycles. The molecule has 1 unspecified atom stereocenters. The van der Waals surface area contributed by atoms with Crippen molar-refractivity contribution >= 4 is 5.91 Å². The average Bonchev–Trinajstić information content (AvgIpc) is 3.14. The van der Waals surface area contributed by atoms with E-state index in [0.29, 0.717) is 18.4 Å². The molecule has 3 aliphatic rings. The number of nitrogens with one attached hydrogen (secondary N) is 1. The van der Waals surface area contributed by atoms with Gasteiger partial charge in [-0.2, -0.15) is 0 Å². The smallest absolute Gasteiger partial charge is 0.222 e. The summed E-state index contributed by atoms with van der Waals surface area (Å²) in [5.41, 5.74) is 1.31. The van der Waals surface area contributed by atoms with Crippen molar-refractivity contribution in [2.45, 2.75) is 51.7 Å². The van der Waals surface area contributed by atoms with Crippen LogP contribution in [-0.2, 0) is 9.53 Å². The van der Waals surface area contributed by atoms with E-state index in [9.17, 15) is 4.79 Å². The summed E-state index contributed by atoms with van der Waals surface area (Å²) in [5.74, 6) is 1.79. The summed E-state index contributed by atoms with van der Waals surface area (Å²) in [5, 5.41) is 12.5. The molecule has 1 aromatic carbocycles. The third-order valence-electron chi connectivity index (χ3n) is 7.57. The Hall–Kier alpha value is -1.59. The first kappa shape index (κ1) is 18.8. The maximum Gasteiger partial charge on any atom is 0.222 e. The van der Waals surface area contributed by atoms with Gasteiger partial charge in [-0.25, -0.2) is 0 Å². The van der Waals surface area contributed by atoms with Crippen LogP contribution in [0.15, 0.2) is 24.3 Å². The highest BCUT2D eigenvalue weighted by atomic mass is 16.5. The highest BCUT2D eigenvalue weighted by Gasteiger charge is 2.68. The standard InChI is InChI=1S/C22H31NO4/c1-21(2)15-12-17-19(14-5-4-6-16(11-14)26-3)27-10-8-22(17,13-15)20(21)23-18(25)7-9-24/h4-6,11,15,17,19-20,24H,7-10,12-13H2,1-3H3,(H,23,25)/t15-,17-,19-,20-,22?/m1/s1. The van der Waals surface area contributed by atoms with Crippen molar-refractivity contribution in [3.05, 3.63) is 29.8 Å². The van der Waals surface area contributed by atoms with Gasteiger partial charge >= 0.3 is 0 Å². The molecule has 4 rings (SSSR count). The first-order valence-electron chi connectivity index (χ1n) is 10.1. The van der Waals surface area contributed by atoms with Crippen molar-refractivity contribution < 1.29 is 19.4 Å². The van der Waals surface area contributed by atoms with E-state index in [4.69, 9.17) is 14.6 Å². The first-order chi connectivity index (χ1) is 12.9. The molecule has 2 aliphatic carbocycles. The number of hydrogen-bond donors (Lipinski definition) is 2. The molecular weight excluding hydrogens is 342 g/mol. The van der Waals surface area contributed by atoms with Gasteiger partial charge in [-0.1, -0.05) is 26.0 Å². The number of carbonyl (C=O) groups excluding carboxylic acids is 1. The molecule has 1 aromatic rings. The summed E-state index contributed by atoms with van der Waals surface area (Å²) in [7, 11) is 1.69. The van der Waals surface area contributed by atoms with Gasteiger partial charge < -0.3 is 19.9 Å². The predicted molar refractivity (Wildman–Crippen MR) is 102 cm³/mol. The number of rotatable bonds is 5. The van der Waals surface area contributed by atoms with Crippen molar-refractivity contribution in [2.24, 2.45) is 22.7 Å². The van der Waals surface area contributed by atoms with E-state index in [2.05, 4.69) is 31.3 Å². The van der Waals surface area contributed by atoms with E-state index in [-0.39, 0.29) is 41.9 Å². The molecule has 5 heteroatoms. The van der Waals surface area contributed by atoms with Gasteiger partial charge in [0.05, 0.1) is 19.8 Å². The van der Waals surface area contributed by atoms with E-state index in [1.807, 2.05) is 12.1 Å². The molecule has 2 saturated carbocycles. The quantitative estimate of drug-likeness (QED) is 0.832. The third-order valence-corrected chi connectivity index (χ3v) is 7.57. The number of aliphatic hydroxyl groups is 1. The number of ether oxygens (including phenoxy) is 2. The lowest BCUT2D eigenvalue weighted by Crippen LogP contribution is -2.59. The first-order valence-corrected chi connectivity index (χ1v) is 10.1. The van der Waals surface area contributed by atoms with Crippen molar-refractivity contribution in [2.75, 3.05) is 20.3 Å². The third kappa shape index (κ3) is 2.87. The van der Waals surface area contributed by atoms with Crippen LogP contribution in [-0.4, -0.2) is 37.4 Å². The van der Waals surface area contributed by atoms with Gasteiger partial charge in [0.1, 0.15) is 5.75 Å². The average molecular weight is 373 g/mol. The van der Waals surface area contributed by atoms with Crippen LogP contribution in [0.4, 0.5) is 0 Å². The molecule has 2 N–H and O–H groups in total. The van der Waals surface area contributed by atoms with Crippen molar-refractivity contribution in [1.82, 2.24) is 5.32 Å². The Kier molecular flexibility index (Phi) is 4.71. The Labute approximate surface area is 161 Å². The minimum atomic E-state index is -0.103. The SMILES string of the molecule is COc1cccc([C@H]2OCCC34C[C@@H](C[C@H]23)C(C)(C)[C@H]4NC(=O)CCO)c1. The molecule has 1 saturated heterocycles. The fraction of sp³-hybridized carbons (Fsp3) is 0.682. The molecule has 1 amide bonds. The number of hydrogen-bond acceptors (Lipinski definition) is 4. The van der Waals surface area contributed by atoms with Crippen LogP contribution in [0.5, 0.6) is 5.75 Å². The molecule has 0 radical (unpaired) electrons. The molecule has 5 nitrogen and oxygen atoms in total. The second kappa shape index (κ2) is 6.78. The molecule has 1 heterocycles. The fourth-order valence-electron chi connectivity index (χ4n) is 6.27. The van der Waals surface area contributed by atoms with Gasteiger partial charge in [-0.15, -0.1) is 0 Å². The molecule has 2 bridgehead atoms. The van der Waals surface area contributed by atoms with Crippen LogP contribution in [0.25, 0.3) is 0 Å². The Balaban J connectivity index is 1.66. The predicted octanol–water partition coefficient (Wildman–Crippen LogP) is 3.08. The normalized spacial score (nSPS) is 36.3. The van der Waals surface area contributed by atoms with E-state index in [1.165, 1.54) is 5.56 Å². The minimum Gasteiger partial charge on any atom is -0.497 e. The van der Waals surface area contributed by atoms with Crippen LogP contribution in [0, 0.1) is 22.7 Å². The van der Waals surface area contributed by atoms with Gasteiger partial charge in [0.25, 0.3) is 0 Å². The van der Waals surface area contributed by atoms with E-state index in [1.54, 1.807) is 7.11 Å². The number of aliphatic hydroxyl groups excluding tert-OH is 1. The maximum absolute atomic E-state index is 12.4. The zero-order valence-corrected chi connectivity index (χ0v) is 16.5. The summed E-state index contributed by atoms with van der Waals surface area (Å²) < 4.78 is 11.7. The topological polar surface area (TPSA) is 67.8 Å². The van der Waals surface area contributed by atoms with E-state index < -0.39 is 0 Å². The van der Waals surface area contributed by atoms with Crippen LogP contribution in [0.1, 0.15) is 51.2 Å².